The largest absolute Gasteiger partial charge is 0.323 e. The Balaban J connectivity index is 2.01. The van der Waals surface area contributed by atoms with Gasteiger partial charge in [0.2, 0.25) is 0 Å². The average molecular weight is 278 g/mol. The molecule has 1 aliphatic rings. The minimum Gasteiger partial charge on any atom is -0.323 e. The molecule has 1 aromatic carbocycles. The first-order valence-corrected chi connectivity index (χ1v) is 8.18. The Hall–Kier alpha value is -0.510. The molecular weight excluding hydrogens is 252 g/mol. The maximum atomic E-state index is 6.49. The molecule has 19 heavy (non-hydrogen) atoms. The molecule has 0 saturated carbocycles. The van der Waals surface area contributed by atoms with Gasteiger partial charge < -0.3 is 10.6 Å². The van der Waals surface area contributed by atoms with Crippen molar-refractivity contribution in [2.24, 2.45) is 11.1 Å². The van der Waals surface area contributed by atoms with Crippen LogP contribution in [0.5, 0.6) is 0 Å². The first-order valence-electron chi connectivity index (χ1n) is 7.13. The van der Waals surface area contributed by atoms with Gasteiger partial charge in [0.05, 0.1) is 0 Å². The fourth-order valence-corrected chi connectivity index (χ4v) is 3.90. The van der Waals surface area contributed by atoms with E-state index in [0.717, 1.165) is 11.8 Å². The van der Waals surface area contributed by atoms with Crippen LogP contribution < -0.4 is 5.73 Å². The smallest absolute Gasteiger partial charge is 0.0359 e. The van der Waals surface area contributed by atoms with Crippen LogP contribution in [0.25, 0.3) is 0 Å². The second-order valence-corrected chi connectivity index (χ2v) is 7.84. The van der Waals surface area contributed by atoms with E-state index >= 15 is 0 Å². The van der Waals surface area contributed by atoms with E-state index in [4.69, 9.17) is 5.73 Å². The molecule has 0 aliphatic carbocycles. The molecule has 1 aliphatic heterocycles. The lowest BCUT2D eigenvalue weighted by Crippen LogP contribution is -2.45. The first kappa shape index (κ1) is 14.9. The van der Waals surface area contributed by atoms with Crippen molar-refractivity contribution < 1.29 is 0 Å². The third-order valence-corrected chi connectivity index (χ3v) is 5.09. The van der Waals surface area contributed by atoms with Crippen LogP contribution in [0.1, 0.15) is 32.4 Å². The summed E-state index contributed by atoms with van der Waals surface area (Å²) in [5.74, 6) is 1.25. The minimum atomic E-state index is 0.0959. The van der Waals surface area contributed by atoms with Crippen LogP contribution in [-0.2, 0) is 0 Å². The molecule has 1 aromatic rings. The van der Waals surface area contributed by atoms with Gasteiger partial charge in [-0.15, -0.1) is 0 Å². The van der Waals surface area contributed by atoms with Gasteiger partial charge in [-0.25, -0.2) is 0 Å². The summed E-state index contributed by atoms with van der Waals surface area (Å²) < 4.78 is 0. The number of hydrogen-bond donors (Lipinski definition) is 1. The molecule has 1 fully saturated rings. The molecule has 0 bridgehead atoms. The van der Waals surface area contributed by atoms with E-state index in [-0.39, 0.29) is 11.5 Å². The molecule has 0 spiro atoms. The van der Waals surface area contributed by atoms with Crippen molar-refractivity contribution in [3.8, 4) is 0 Å². The van der Waals surface area contributed by atoms with E-state index in [1.807, 2.05) is 6.07 Å². The van der Waals surface area contributed by atoms with Crippen molar-refractivity contribution in [3.63, 3.8) is 0 Å². The Morgan fingerprint density at radius 2 is 2.05 bits per heavy atom. The van der Waals surface area contributed by atoms with Gasteiger partial charge in [-0.05, 0) is 11.0 Å². The number of benzene rings is 1. The van der Waals surface area contributed by atoms with E-state index in [1.54, 1.807) is 0 Å². The Labute approximate surface area is 121 Å². The highest BCUT2D eigenvalue weighted by Gasteiger charge is 2.31. The summed E-state index contributed by atoms with van der Waals surface area (Å²) in [7, 11) is 0. The van der Waals surface area contributed by atoms with Gasteiger partial charge in [0.1, 0.15) is 0 Å². The second kappa shape index (κ2) is 6.29. The van der Waals surface area contributed by atoms with E-state index < -0.39 is 0 Å². The zero-order valence-electron chi connectivity index (χ0n) is 12.3. The third-order valence-electron chi connectivity index (χ3n) is 3.96. The lowest BCUT2D eigenvalue weighted by Gasteiger charge is -2.40. The van der Waals surface area contributed by atoms with Crippen LogP contribution in [0.2, 0.25) is 0 Å². The molecule has 2 nitrogen and oxygen atoms in total. The fraction of sp³-hybridized carbons (Fsp3) is 0.625. The fourth-order valence-electron chi connectivity index (χ4n) is 2.82. The van der Waals surface area contributed by atoms with Crippen molar-refractivity contribution in [1.82, 2.24) is 4.90 Å². The first-order chi connectivity index (χ1) is 8.99. The molecule has 1 heterocycles. The summed E-state index contributed by atoms with van der Waals surface area (Å²) in [5.41, 5.74) is 7.84. The van der Waals surface area contributed by atoms with Gasteiger partial charge in [0, 0.05) is 36.7 Å². The van der Waals surface area contributed by atoms with Crippen molar-refractivity contribution in [3.05, 3.63) is 35.9 Å². The zero-order chi connectivity index (χ0) is 13.9. The summed E-state index contributed by atoms with van der Waals surface area (Å²) in [6, 6.07) is 10.6. The lowest BCUT2D eigenvalue weighted by atomic mass is 9.80. The Kier molecular flexibility index (Phi) is 4.93. The van der Waals surface area contributed by atoms with Crippen LogP contribution in [0.15, 0.2) is 30.3 Å². The van der Waals surface area contributed by atoms with Gasteiger partial charge in [-0.2, -0.15) is 11.8 Å². The number of rotatable bonds is 4. The molecule has 0 amide bonds. The third kappa shape index (κ3) is 3.98. The Morgan fingerprint density at radius 3 is 2.68 bits per heavy atom. The van der Waals surface area contributed by atoms with E-state index in [9.17, 15) is 0 Å². The maximum absolute atomic E-state index is 6.49. The van der Waals surface area contributed by atoms with Crippen molar-refractivity contribution >= 4 is 11.8 Å². The normalized spacial score (nSPS) is 23.3. The summed E-state index contributed by atoms with van der Waals surface area (Å²) in [4.78, 5) is 2.57. The molecule has 1 saturated heterocycles. The maximum Gasteiger partial charge on any atom is 0.0359 e. The molecule has 2 rings (SSSR count). The molecule has 3 heteroatoms. The number of nitrogens with zero attached hydrogens (tertiary/aromatic N) is 1. The van der Waals surface area contributed by atoms with Gasteiger partial charge in [-0.1, -0.05) is 51.1 Å². The second-order valence-electron chi connectivity index (χ2n) is 6.29. The van der Waals surface area contributed by atoms with Crippen LogP contribution >= 0.6 is 11.8 Å². The van der Waals surface area contributed by atoms with Crippen molar-refractivity contribution in [2.75, 3.05) is 25.4 Å². The standard InChI is InChI=1S/C16H26N2S/c1-13-11-18(9-10-19-13)12-16(2,3)15(17)14-7-5-4-6-8-14/h4-8,13,15H,9-12,17H2,1-3H3. The quantitative estimate of drug-likeness (QED) is 0.917. The average Bonchev–Trinajstić information content (AvgIpc) is 2.38. The van der Waals surface area contributed by atoms with E-state index in [0.29, 0.717) is 0 Å². The highest BCUT2D eigenvalue weighted by atomic mass is 32.2. The number of nitrogens with two attached hydrogens (primary N) is 1. The summed E-state index contributed by atoms with van der Waals surface area (Å²) in [6.45, 7) is 10.4. The van der Waals surface area contributed by atoms with E-state index in [1.165, 1.54) is 24.4 Å². The highest BCUT2D eigenvalue weighted by Crippen LogP contribution is 2.33. The van der Waals surface area contributed by atoms with Crippen LogP contribution in [0, 0.1) is 5.41 Å². The van der Waals surface area contributed by atoms with Crippen LogP contribution in [0.3, 0.4) is 0 Å². The van der Waals surface area contributed by atoms with Gasteiger partial charge >= 0.3 is 0 Å². The molecule has 2 N–H and O–H groups in total. The topological polar surface area (TPSA) is 29.3 Å². The molecule has 2 unspecified atom stereocenters. The van der Waals surface area contributed by atoms with Crippen molar-refractivity contribution in [1.29, 1.82) is 0 Å². The van der Waals surface area contributed by atoms with Gasteiger partial charge in [-0.3, -0.25) is 0 Å². The lowest BCUT2D eigenvalue weighted by molar-refractivity contribution is 0.157. The predicted octanol–water partition coefficient (Wildman–Crippen LogP) is 3.15. The van der Waals surface area contributed by atoms with Crippen molar-refractivity contribution in [2.45, 2.75) is 32.1 Å². The van der Waals surface area contributed by atoms with Gasteiger partial charge in [0.25, 0.3) is 0 Å². The van der Waals surface area contributed by atoms with Gasteiger partial charge in [0.15, 0.2) is 0 Å². The summed E-state index contributed by atoms with van der Waals surface area (Å²) in [5, 5.41) is 0.748. The van der Waals surface area contributed by atoms with Crippen LogP contribution in [0.4, 0.5) is 0 Å². The SMILES string of the molecule is CC1CN(CC(C)(C)C(N)c2ccccc2)CCS1. The number of hydrogen-bond acceptors (Lipinski definition) is 3. The highest BCUT2D eigenvalue weighted by molar-refractivity contribution is 7.99. The van der Waals surface area contributed by atoms with Crippen LogP contribution in [-0.4, -0.2) is 35.5 Å². The number of thioether (sulfide) groups is 1. The molecule has 0 radical (unpaired) electrons. The minimum absolute atomic E-state index is 0.0959. The molecular formula is C16H26N2S. The molecule has 0 aromatic heterocycles. The zero-order valence-corrected chi connectivity index (χ0v) is 13.1. The molecule has 106 valence electrons. The monoisotopic (exact) mass is 278 g/mol. The Morgan fingerprint density at radius 1 is 1.37 bits per heavy atom. The van der Waals surface area contributed by atoms with E-state index in [2.05, 4.69) is 61.7 Å². The summed E-state index contributed by atoms with van der Waals surface area (Å²) in [6.07, 6.45) is 0. The summed E-state index contributed by atoms with van der Waals surface area (Å²) >= 11 is 2.08. The molecule has 2 atom stereocenters. The predicted molar refractivity (Wildman–Crippen MR) is 85.5 cm³/mol. The Bertz CT molecular complexity index is 391.